The molecule has 25 heavy (non-hydrogen) atoms. The lowest BCUT2D eigenvalue weighted by atomic mass is 9.72. The zero-order valence-electron chi connectivity index (χ0n) is 17.1. The van der Waals surface area contributed by atoms with Gasteiger partial charge in [-0.05, 0) is 51.1 Å². The van der Waals surface area contributed by atoms with Gasteiger partial charge in [0, 0.05) is 12.0 Å². The van der Waals surface area contributed by atoms with Gasteiger partial charge in [-0.3, -0.25) is 4.90 Å². The molecule has 0 radical (unpaired) electrons. The van der Waals surface area contributed by atoms with Crippen LogP contribution in [0.2, 0.25) is 0 Å². The van der Waals surface area contributed by atoms with Crippen LogP contribution in [-0.4, -0.2) is 43.1 Å². The van der Waals surface area contributed by atoms with Crippen molar-refractivity contribution in [3.05, 3.63) is 0 Å². The molecule has 0 saturated carbocycles. The Balaban J connectivity index is 2.07. The minimum Gasteiger partial charge on any atom is -0.470 e. The molecule has 146 valence electrons. The number of rotatable bonds is 10. The fourth-order valence-electron chi connectivity index (χ4n) is 4.53. The standard InChI is InChI=1S/C21H40N2O2/c1-5-11-21(12-6-2,15-18(4)7-3)20-22-24-17-19(25-20)16-23-13-9-8-10-14-23/h18-19H,5-17H2,1-4H3. The predicted molar refractivity (Wildman–Crippen MR) is 105 cm³/mol. The summed E-state index contributed by atoms with van der Waals surface area (Å²) in [7, 11) is 0. The fourth-order valence-corrected chi connectivity index (χ4v) is 4.53. The molecule has 4 heteroatoms. The van der Waals surface area contributed by atoms with E-state index in [1.807, 2.05) is 0 Å². The summed E-state index contributed by atoms with van der Waals surface area (Å²) in [6, 6.07) is 0. The monoisotopic (exact) mass is 352 g/mol. The van der Waals surface area contributed by atoms with Crippen molar-refractivity contribution in [2.45, 2.75) is 91.6 Å². The minimum atomic E-state index is 0.0551. The summed E-state index contributed by atoms with van der Waals surface area (Å²) >= 11 is 0. The van der Waals surface area contributed by atoms with E-state index in [1.54, 1.807) is 0 Å². The van der Waals surface area contributed by atoms with Crippen LogP contribution in [-0.2, 0) is 9.57 Å². The van der Waals surface area contributed by atoms with Crippen LogP contribution >= 0.6 is 0 Å². The van der Waals surface area contributed by atoms with Gasteiger partial charge < -0.3 is 9.57 Å². The Morgan fingerprint density at radius 2 is 1.80 bits per heavy atom. The smallest absolute Gasteiger partial charge is 0.232 e. The summed E-state index contributed by atoms with van der Waals surface area (Å²) in [5.74, 6) is 1.58. The van der Waals surface area contributed by atoms with E-state index in [0.717, 1.165) is 44.5 Å². The molecule has 2 rings (SSSR count). The highest BCUT2D eigenvalue weighted by Crippen LogP contribution is 2.40. The molecule has 0 spiro atoms. The van der Waals surface area contributed by atoms with E-state index in [0.29, 0.717) is 12.5 Å². The lowest BCUT2D eigenvalue weighted by molar-refractivity contribution is -0.0252. The average molecular weight is 353 g/mol. The van der Waals surface area contributed by atoms with Gasteiger partial charge in [-0.2, -0.15) is 0 Å². The molecular formula is C21H40N2O2. The first-order valence-corrected chi connectivity index (χ1v) is 10.7. The quantitative estimate of drug-likeness (QED) is 0.540. The third kappa shape index (κ3) is 5.87. The molecule has 0 amide bonds. The van der Waals surface area contributed by atoms with Crippen molar-refractivity contribution in [2.24, 2.45) is 16.5 Å². The molecule has 1 saturated heterocycles. The summed E-state index contributed by atoms with van der Waals surface area (Å²) in [5, 5.41) is 4.45. The summed E-state index contributed by atoms with van der Waals surface area (Å²) < 4.78 is 6.49. The number of nitrogens with zero attached hydrogens (tertiary/aromatic N) is 2. The van der Waals surface area contributed by atoms with Gasteiger partial charge in [-0.15, -0.1) is 0 Å². The van der Waals surface area contributed by atoms with Gasteiger partial charge in [0.05, 0.1) is 0 Å². The molecule has 4 nitrogen and oxygen atoms in total. The van der Waals surface area contributed by atoms with E-state index in [4.69, 9.17) is 9.57 Å². The van der Waals surface area contributed by atoms with Crippen LogP contribution < -0.4 is 0 Å². The van der Waals surface area contributed by atoms with E-state index in [-0.39, 0.29) is 11.5 Å². The van der Waals surface area contributed by atoms with Crippen LogP contribution in [0.15, 0.2) is 5.16 Å². The third-order valence-corrected chi connectivity index (χ3v) is 5.94. The summed E-state index contributed by atoms with van der Waals surface area (Å²) in [6.45, 7) is 13.2. The minimum absolute atomic E-state index is 0.0551. The topological polar surface area (TPSA) is 34.1 Å². The van der Waals surface area contributed by atoms with Gasteiger partial charge in [-0.25, -0.2) is 0 Å². The average Bonchev–Trinajstić information content (AvgIpc) is 2.63. The Labute approximate surface area is 155 Å². The van der Waals surface area contributed by atoms with E-state index in [1.165, 1.54) is 38.8 Å². The second kappa shape index (κ2) is 10.4. The maximum atomic E-state index is 6.49. The first-order valence-electron chi connectivity index (χ1n) is 10.7. The molecule has 2 aliphatic heterocycles. The summed E-state index contributed by atoms with van der Waals surface area (Å²) in [6.07, 6.45) is 11.1. The van der Waals surface area contributed by atoms with Crippen molar-refractivity contribution in [1.29, 1.82) is 0 Å². The van der Waals surface area contributed by atoms with Crippen molar-refractivity contribution in [3.63, 3.8) is 0 Å². The summed E-state index contributed by atoms with van der Waals surface area (Å²) in [5.41, 5.74) is 0.0551. The largest absolute Gasteiger partial charge is 0.470 e. The number of oxime groups is 1. The fraction of sp³-hybridized carbons (Fsp3) is 0.952. The molecule has 0 N–H and O–H groups in total. The van der Waals surface area contributed by atoms with E-state index < -0.39 is 0 Å². The van der Waals surface area contributed by atoms with Crippen LogP contribution in [0, 0.1) is 11.3 Å². The Morgan fingerprint density at radius 1 is 1.12 bits per heavy atom. The van der Waals surface area contributed by atoms with Crippen molar-refractivity contribution >= 4 is 5.90 Å². The molecule has 1 fully saturated rings. The second-order valence-electron chi connectivity index (χ2n) is 8.29. The van der Waals surface area contributed by atoms with Gasteiger partial charge in [-0.1, -0.05) is 58.5 Å². The first-order chi connectivity index (χ1) is 12.1. The van der Waals surface area contributed by atoms with Crippen LogP contribution in [0.1, 0.15) is 85.5 Å². The van der Waals surface area contributed by atoms with E-state index >= 15 is 0 Å². The van der Waals surface area contributed by atoms with Crippen molar-refractivity contribution in [3.8, 4) is 0 Å². The Morgan fingerprint density at radius 3 is 2.40 bits per heavy atom. The molecule has 2 aliphatic rings. The Kier molecular flexibility index (Phi) is 8.54. The van der Waals surface area contributed by atoms with Crippen molar-refractivity contribution in [2.75, 3.05) is 26.2 Å². The molecule has 2 atom stereocenters. The molecule has 2 unspecified atom stereocenters. The first kappa shape index (κ1) is 20.5. The van der Waals surface area contributed by atoms with E-state index in [9.17, 15) is 0 Å². The normalized spacial score (nSPS) is 23.5. The lowest BCUT2D eigenvalue weighted by Crippen LogP contribution is -2.46. The van der Waals surface area contributed by atoms with E-state index in [2.05, 4.69) is 37.8 Å². The molecule has 0 aromatic rings. The number of ether oxygens (including phenoxy) is 1. The van der Waals surface area contributed by atoms with Gasteiger partial charge in [0.25, 0.3) is 0 Å². The molecule has 0 aliphatic carbocycles. The number of hydrogen-bond acceptors (Lipinski definition) is 4. The van der Waals surface area contributed by atoms with Gasteiger partial charge in [0.2, 0.25) is 5.90 Å². The zero-order chi connectivity index (χ0) is 18.1. The number of likely N-dealkylation sites (tertiary alicyclic amines) is 1. The van der Waals surface area contributed by atoms with Crippen LogP contribution in [0.25, 0.3) is 0 Å². The van der Waals surface area contributed by atoms with Crippen LogP contribution in [0.3, 0.4) is 0 Å². The maximum Gasteiger partial charge on any atom is 0.232 e. The molecular weight excluding hydrogens is 312 g/mol. The zero-order valence-corrected chi connectivity index (χ0v) is 17.1. The lowest BCUT2D eigenvalue weighted by Gasteiger charge is -2.40. The third-order valence-electron chi connectivity index (χ3n) is 5.94. The van der Waals surface area contributed by atoms with Crippen LogP contribution in [0.5, 0.6) is 0 Å². The van der Waals surface area contributed by atoms with Gasteiger partial charge in [0.1, 0.15) is 6.10 Å². The van der Waals surface area contributed by atoms with Crippen molar-refractivity contribution in [1.82, 2.24) is 4.90 Å². The predicted octanol–water partition coefficient (Wildman–Crippen LogP) is 5.22. The second-order valence-corrected chi connectivity index (χ2v) is 8.29. The number of hydrogen-bond donors (Lipinski definition) is 0. The molecule has 2 heterocycles. The van der Waals surface area contributed by atoms with Gasteiger partial charge in [0.15, 0.2) is 6.61 Å². The van der Waals surface area contributed by atoms with Gasteiger partial charge >= 0.3 is 0 Å². The highest BCUT2D eigenvalue weighted by atomic mass is 16.7. The Hall–Kier alpha value is -0.770. The maximum absolute atomic E-state index is 6.49. The number of piperidine rings is 1. The van der Waals surface area contributed by atoms with Crippen molar-refractivity contribution < 1.29 is 9.57 Å². The van der Waals surface area contributed by atoms with Crippen LogP contribution in [0.4, 0.5) is 0 Å². The Bertz CT molecular complexity index is 399. The highest BCUT2D eigenvalue weighted by molar-refractivity contribution is 5.82. The molecule has 0 bridgehead atoms. The molecule has 0 aromatic heterocycles. The summed E-state index contributed by atoms with van der Waals surface area (Å²) in [4.78, 5) is 8.22. The SMILES string of the molecule is CCCC(CCC)(CC(C)CC)C1=NOCC(CN2CCCCC2)O1. The molecule has 0 aromatic carbocycles. The highest BCUT2D eigenvalue weighted by Gasteiger charge is 2.40.